The van der Waals surface area contributed by atoms with Gasteiger partial charge in [0.1, 0.15) is 5.82 Å². The summed E-state index contributed by atoms with van der Waals surface area (Å²) in [6.07, 6.45) is 5.28. The molecule has 8 heteroatoms. The van der Waals surface area contributed by atoms with Crippen molar-refractivity contribution in [2.75, 3.05) is 24.4 Å². The Hall–Kier alpha value is -3.52. The largest absolute Gasteiger partial charge is 0.493 e. The monoisotopic (exact) mass is 405 g/mol. The van der Waals surface area contributed by atoms with E-state index in [1.165, 1.54) is 7.11 Å². The molecular weight excluding hydrogens is 386 g/mol. The van der Waals surface area contributed by atoms with E-state index in [0.717, 1.165) is 21.5 Å². The quantitative estimate of drug-likeness (QED) is 0.430. The first-order chi connectivity index (χ1) is 14.1. The number of nitrogens with two attached hydrogens (primary N) is 1. The maximum Gasteiger partial charge on any atom is 0.259 e. The van der Waals surface area contributed by atoms with Gasteiger partial charge in [-0.3, -0.25) is 4.79 Å². The summed E-state index contributed by atoms with van der Waals surface area (Å²) in [5, 5.41) is 4.52. The molecule has 146 valence electrons. The van der Waals surface area contributed by atoms with Crippen LogP contribution in [0.1, 0.15) is 0 Å². The van der Waals surface area contributed by atoms with Crippen LogP contribution in [0.5, 0.6) is 5.75 Å². The second kappa shape index (κ2) is 7.84. The molecule has 0 aliphatic rings. The number of H-pyrrole nitrogens is 1. The molecule has 0 aliphatic heterocycles. The summed E-state index contributed by atoms with van der Waals surface area (Å²) in [6, 6.07) is 13.4. The fraction of sp³-hybridized carbons (Fsp3) is 0.0952. The predicted molar refractivity (Wildman–Crippen MR) is 118 cm³/mol. The molecule has 0 fully saturated rings. The minimum Gasteiger partial charge on any atom is -0.493 e. The number of nitrogens with one attached hydrogen (secondary N) is 2. The third-order valence-electron chi connectivity index (χ3n) is 4.50. The second-order valence-electron chi connectivity index (χ2n) is 6.29. The molecule has 1 aromatic carbocycles. The van der Waals surface area contributed by atoms with E-state index in [1.54, 1.807) is 30.2 Å². The van der Waals surface area contributed by atoms with Crippen molar-refractivity contribution in [3.63, 3.8) is 0 Å². The number of methoxy groups -OCH3 is 1. The Morgan fingerprint density at radius 1 is 1.17 bits per heavy atom. The minimum absolute atomic E-state index is 0.210. The Balaban J connectivity index is 1.86. The number of pyridine rings is 3. The number of aromatic nitrogens is 3. The van der Waals surface area contributed by atoms with E-state index in [1.807, 2.05) is 42.7 Å². The van der Waals surface area contributed by atoms with Gasteiger partial charge < -0.3 is 20.8 Å². The van der Waals surface area contributed by atoms with Crippen molar-refractivity contribution in [3.8, 4) is 17.0 Å². The predicted octanol–water partition coefficient (Wildman–Crippen LogP) is 4.04. The standard InChI is InChI=1S/C21H19N5O2S/c1-28-17-10-13(11-24-19(17)22)16-9-12-7-8-23-21(27)18(12)20(26-16)25-14-3-5-15(29-2)6-4-14/h3-11H,1-2H3,(H2,22,24)(H,23,27)(H,25,26). The van der Waals surface area contributed by atoms with Gasteiger partial charge in [0.15, 0.2) is 11.6 Å². The lowest BCUT2D eigenvalue weighted by atomic mass is 10.1. The molecule has 0 aliphatic carbocycles. The molecule has 0 saturated heterocycles. The number of ether oxygens (including phenoxy) is 1. The van der Waals surface area contributed by atoms with Crippen LogP contribution in [0.2, 0.25) is 0 Å². The van der Waals surface area contributed by atoms with Gasteiger partial charge in [0, 0.05) is 28.5 Å². The molecule has 0 unspecified atom stereocenters. The number of thioether (sulfide) groups is 1. The number of nitrogens with zero attached hydrogens (tertiary/aromatic N) is 2. The molecule has 3 heterocycles. The van der Waals surface area contributed by atoms with Crippen molar-refractivity contribution < 1.29 is 4.74 Å². The molecular formula is C21H19N5O2S. The molecule has 4 N–H and O–H groups in total. The Bertz CT molecular complexity index is 1240. The summed E-state index contributed by atoms with van der Waals surface area (Å²) >= 11 is 1.67. The van der Waals surface area contributed by atoms with Gasteiger partial charge in [0.05, 0.1) is 18.2 Å². The van der Waals surface area contributed by atoms with Gasteiger partial charge in [-0.05, 0) is 54.1 Å². The smallest absolute Gasteiger partial charge is 0.259 e. The van der Waals surface area contributed by atoms with Crippen molar-refractivity contribution in [3.05, 3.63) is 65.2 Å². The molecule has 29 heavy (non-hydrogen) atoms. The van der Waals surface area contributed by atoms with Gasteiger partial charge in [-0.25, -0.2) is 9.97 Å². The lowest BCUT2D eigenvalue weighted by molar-refractivity contribution is 0.415. The SMILES string of the molecule is COc1cc(-c2cc3cc[nH]c(=O)c3c(Nc3ccc(SC)cc3)n2)cnc1N. The highest BCUT2D eigenvalue weighted by molar-refractivity contribution is 7.98. The Kier molecular flexibility index (Phi) is 5.09. The van der Waals surface area contributed by atoms with E-state index in [4.69, 9.17) is 15.5 Å². The molecule has 7 nitrogen and oxygen atoms in total. The number of fused-ring (bicyclic) bond motifs is 1. The van der Waals surface area contributed by atoms with Crippen molar-refractivity contribution in [1.29, 1.82) is 0 Å². The highest BCUT2D eigenvalue weighted by Gasteiger charge is 2.13. The first-order valence-electron chi connectivity index (χ1n) is 8.82. The van der Waals surface area contributed by atoms with E-state index in [9.17, 15) is 4.79 Å². The van der Waals surface area contributed by atoms with Crippen molar-refractivity contribution >= 4 is 39.9 Å². The van der Waals surface area contributed by atoms with E-state index >= 15 is 0 Å². The summed E-state index contributed by atoms with van der Waals surface area (Å²) in [5.74, 6) is 1.24. The highest BCUT2D eigenvalue weighted by Crippen LogP contribution is 2.31. The number of rotatable bonds is 5. The van der Waals surface area contributed by atoms with Gasteiger partial charge in [0.2, 0.25) is 0 Å². The minimum atomic E-state index is -0.210. The lowest BCUT2D eigenvalue weighted by Crippen LogP contribution is -2.09. The molecule has 0 atom stereocenters. The number of benzene rings is 1. The van der Waals surface area contributed by atoms with Gasteiger partial charge in [-0.15, -0.1) is 11.8 Å². The zero-order valence-electron chi connectivity index (χ0n) is 15.9. The molecule has 0 saturated carbocycles. The average Bonchev–Trinajstić information content (AvgIpc) is 2.74. The van der Waals surface area contributed by atoms with Gasteiger partial charge in [-0.2, -0.15) is 0 Å². The van der Waals surface area contributed by atoms with Crippen LogP contribution in [0, 0.1) is 0 Å². The number of hydrogen-bond acceptors (Lipinski definition) is 7. The van der Waals surface area contributed by atoms with Gasteiger partial charge in [-0.1, -0.05) is 0 Å². The van der Waals surface area contributed by atoms with Crippen molar-refractivity contribution in [1.82, 2.24) is 15.0 Å². The van der Waals surface area contributed by atoms with E-state index in [-0.39, 0.29) is 5.56 Å². The van der Waals surface area contributed by atoms with Crippen LogP contribution < -0.4 is 21.3 Å². The third-order valence-corrected chi connectivity index (χ3v) is 5.25. The first kappa shape index (κ1) is 18.8. The summed E-state index contributed by atoms with van der Waals surface area (Å²) in [6.45, 7) is 0. The molecule has 0 amide bonds. The maximum atomic E-state index is 12.5. The number of aromatic amines is 1. The number of anilines is 3. The van der Waals surface area contributed by atoms with E-state index in [2.05, 4.69) is 15.3 Å². The lowest BCUT2D eigenvalue weighted by Gasteiger charge is -2.12. The Labute approximate surface area is 171 Å². The molecule has 4 rings (SSSR count). The van der Waals surface area contributed by atoms with Crippen molar-refractivity contribution in [2.45, 2.75) is 4.90 Å². The van der Waals surface area contributed by atoms with Gasteiger partial charge >= 0.3 is 0 Å². The van der Waals surface area contributed by atoms with Crippen LogP contribution in [0.4, 0.5) is 17.3 Å². The summed E-state index contributed by atoms with van der Waals surface area (Å²) in [7, 11) is 1.54. The zero-order chi connectivity index (χ0) is 20.4. The Morgan fingerprint density at radius 2 is 1.97 bits per heavy atom. The normalized spacial score (nSPS) is 10.8. The molecule has 0 spiro atoms. The van der Waals surface area contributed by atoms with Crippen LogP contribution >= 0.6 is 11.8 Å². The number of nitrogen functional groups attached to an aromatic ring is 1. The highest BCUT2D eigenvalue weighted by atomic mass is 32.2. The van der Waals surface area contributed by atoms with E-state index in [0.29, 0.717) is 28.5 Å². The molecule has 0 bridgehead atoms. The molecule has 3 aromatic heterocycles. The second-order valence-corrected chi connectivity index (χ2v) is 7.17. The van der Waals surface area contributed by atoms with Crippen LogP contribution in [0.3, 0.4) is 0 Å². The summed E-state index contributed by atoms with van der Waals surface area (Å²) in [4.78, 5) is 25.2. The molecule has 0 radical (unpaired) electrons. The van der Waals surface area contributed by atoms with Crippen molar-refractivity contribution in [2.24, 2.45) is 0 Å². The maximum absolute atomic E-state index is 12.5. The average molecular weight is 405 g/mol. The first-order valence-corrected chi connectivity index (χ1v) is 10.0. The third kappa shape index (κ3) is 3.74. The van der Waals surface area contributed by atoms with Crippen LogP contribution in [0.25, 0.3) is 22.0 Å². The summed E-state index contributed by atoms with van der Waals surface area (Å²) < 4.78 is 5.27. The van der Waals surface area contributed by atoms with Crippen LogP contribution in [-0.4, -0.2) is 28.3 Å². The zero-order valence-corrected chi connectivity index (χ0v) is 16.7. The topological polar surface area (TPSA) is 106 Å². The molecule has 4 aromatic rings. The fourth-order valence-electron chi connectivity index (χ4n) is 3.02. The van der Waals surface area contributed by atoms with Crippen LogP contribution in [0.15, 0.2) is 64.5 Å². The fourth-order valence-corrected chi connectivity index (χ4v) is 3.43. The van der Waals surface area contributed by atoms with E-state index < -0.39 is 0 Å². The number of hydrogen-bond donors (Lipinski definition) is 3. The van der Waals surface area contributed by atoms with Gasteiger partial charge in [0.25, 0.3) is 5.56 Å². The Morgan fingerprint density at radius 3 is 2.69 bits per heavy atom. The van der Waals surface area contributed by atoms with Crippen LogP contribution in [-0.2, 0) is 0 Å². The summed E-state index contributed by atoms with van der Waals surface area (Å²) in [5.41, 5.74) is 7.84.